The molecule has 0 saturated heterocycles. The molecule has 1 N–H and O–H groups in total. The molecule has 1 nitrogen and oxygen atoms in total. The zero-order valence-electron chi connectivity index (χ0n) is 5.57. The predicted molar refractivity (Wildman–Crippen MR) is 40.3 cm³/mol. The molecule has 0 heterocycles. The van der Waals surface area contributed by atoms with Crippen molar-refractivity contribution < 1.29 is 5.11 Å². The second kappa shape index (κ2) is 3.11. The van der Waals surface area contributed by atoms with Crippen molar-refractivity contribution in [1.82, 2.24) is 0 Å². The molecule has 1 aromatic carbocycles. The van der Waals surface area contributed by atoms with E-state index in [9.17, 15) is 0 Å². The Bertz CT molecular complexity index is 203. The van der Waals surface area contributed by atoms with E-state index >= 15 is 0 Å². The van der Waals surface area contributed by atoms with Gasteiger partial charge in [-0.05, 0) is 5.56 Å². The topological polar surface area (TPSA) is 20.2 Å². The van der Waals surface area contributed by atoms with Gasteiger partial charge in [-0.2, -0.15) is 0 Å². The van der Waals surface area contributed by atoms with Gasteiger partial charge in [0, 0.05) is 0 Å². The third-order valence-corrected chi connectivity index (χ3v) is 1.32. The Morgan fingerprint density at radius 3 is 2.40 bits per heavy atom. The molecule has 1 aromatic rings. The molecule has 1 heteroatoms. The number of aliphatic hydroxyl groups excluding tert-OH is 1. The van der Waals surface area contributed by atoms with Gasteiger partial charge in [0.05, 0.1) is 0 Å². The Labute approximate surface area is 60.6 Å². The van der Waals surface area contributed by atoms with E-state index < -0.39 is 6.10 Å². The summed E-state index contributed by atoms with van der Waals surface area (Å²) in [6, 6.07) is 9.28. The van der Waals surface area contributed by atoms with Gasteiger partial charge in [-0.3, -0.25) is 0 Å². The maximum Gasteiger partial charge on any atom is 0.205 e. The molecule has 0 saturated carbocycles. The average molecular weight is 133 g/mol. The predicted octanol–water partition coefficient (Wildman–Crippen LogP) is 1.71. The number of benzene rings is 1. The molecule has 0 aromatic heterocycles. The van der Waals surface area contributed by atoms with Crippen LogP contribution in [0.2, 0.25) is 0 Å². The fourth-order valence-corrected chi connectivity index (χ4v) is 0.761. The van der Waals surface area contributed by atoms with Crippen molar-refractivity contribution in [3.05, 3.63) is 48.6 Å². The Hall–Kier alpha value is -1.17. The summed E-state index contributed by atoms with van der Waals surface area (Å²) in [7, 11) is 0. The van der Waals surface area contributed by atoms with Crippen molar-refractivity contribution in [3.8, 4) is 0 Å². The summed E-state index contributed by atoms with van der Waals surface area (Å²) in [5.41, 5.74) is 0.824. The van der Waals surface area contributed by atoms with Crippen LogP contribution in [0.4, 0.5) is 0 Å². The second-order valence-electron chi connectivity index (χ2n) is 2.05. The molecule has 0 amide bonds. The monoisotopic (exact) mass is 133 g/mol. The highest BCUT2D eigenvalue weighted by Crippen LogP contribution is 2.11. The quantitative estimate of drug-likeness (QED) is 0.609. The van der Waals surface area contributed by atoms with Crippen LogP contribution in [0.3, 0.4) is 0 Å². The standard InChI is InChI=1S/C9H9O/c1-2-9(10)8-6-4-3-5-7-8/h1-7,9-10H/q+1. The first kappa shape index (κ1) is 6.94. The van der Waals surface area contributed by atoms with Crippen LogP contribution in [-0.2, 0) is 0 Å². The van der Waals surface area contributed by atoms with Crippen LogP contribution in [0.1, 0.15) is 11.7 Å². The summed E-state index contributed by atoms with van der Waals surface area (Å²) >= 11 is 0. The summed E-state index contributed by atoms with van der Waals surface area (Å²) in [6.45, 7) is 5.13. The highest BCUT2D eigenvalue weighted by Gasteiger charge is 2.03. The molecule has 0 aliphatic carbocycles. The summed E-state index contributed by atoms with van der Waals surface area (Å²) in [6.07, 6.45) is 0.621. The van der Waals surface area contributed by atoms with Gasteiger partial charge in [0.2, 0.25) is 6.58 Å². The summed E-state index contributed by atoms with van der Waals surface area (Å²) in [5, 5.41) is 9.15. The van der Waals surface area contributed by atoms with Crippen molar-refractivity contribution in [2.45, 2.75) is 6.10 Å². The molecule has 0 bridgehead atoms. The highest BCUT2D eigenvalue weighted by atomic mass is 16.3. The van der Waals surface area contributed by atoms with Gasteiger partial charge < -0.3 is 5.11 Å². The lowest BCUT2D eigenvalue weighted by atomic mass is 10.1. The van der Waals surface area contributed by atoms with Crippen LogP contribution >= 0.6 is 0 Å². The Kier molecular flexibility index (Phi) is 2.16. The third kappa shape index (κ3) is 1.41. The molecule has 0 radical (unpaired) electrons. The number of aliphatic hydroxyl groups is 1. The zero-order chi connectivity index (χ0) is 7.40. The van der Waals surface area contributed by atoms with Gasteiger partial charge in [0.15, 0.2) is 6.08 Å². The van der Waals surface area contributed by atoms with Crippen LogP contribution < -0.4 is 0 Å². The first-order valence-electron chi connectivity index (χ1n) is 3.12. The van der Waals surface area contributed by atoms with Crippen LogP contribution in [0, 0.1) is 6.58 Å². The molecule has 50 valence electrons. The number of hydrogen-bond acceptors (Lipinski definition) is 1. The fourth-order valence-electron chi connectivity index (χ4n) is 0.761. The molecule has 0 fully saturated rings. The fraction of sp³-hybridized carbons (Fsp3) is 0.111. The minimum absolute atomic E-state index is 0.638. The van der Waals surface area contributed by atoms with Crippen molar-refractivity contribution in [3.63, 3.8) is 0 Å². The lowest BCUT2D eigenvalue weighted by Gasteiger charge is -1.98. The van der Waals surface area contributed by atoms with E-state index in [1.165, 1.54) is 6.08 Å². The number of hydrogen-bond donors (Lipinski definition) is 1. The largest absolute Gasteiger partial charge is 0.380 e. The Morgan fingerprint density at radius 1 is 1.30 bits per heavy atom. The van der Waals surface area contributed by atoms with Crippen LogP contribution in [-0.4, -0.2) is 5.11 Å². The number of rotatable bonds is 2. The molecule has 0 aliphatic rings. The SMILES string of the molecule is [CH+]=CC(O)c1ccccc1. The Balaban J connectivity index is 2.84. The van der Waals surface area contributed by atoms with E-state index in [0.717, 1.165) is 5.56 Å². The normalized spacial score (nSPS) is 12.4. The zero-order valence-corrected chi connectivity index (χ0v) is 5.57. The highest BCUT2D eigenvalue weighted by molar-refractivity contribution is 5.19. The van der Waals surface area contributed by atoms with E-state index in [-0.39, 0.29) is 0 Å². The van der Waals surface area contributed by atoms with Crippen molar-refractivity contribution in [2.75, 3.05) is 0 Å². The van der Waals surface area contributed by atoms with Crippen molar-refractivity contribution in [1.29, 1.82) is 0 Å². The molecule has 1 unspecified atom stereocenters. The molecule has 1 atom stereocenters. The van der Waals surface area contributed by atoms with Crippen LogP contribution in [0.25, 0.3) is 0 Å². The first-order chi connectivity index (χ1) is 4.84. The maximum atomic E-state index is 9.15. The molecule has 10 heavy (non-hydrogen) atoms. The minimum Gasteiger partial charge on any atom is -0.380 e. The summed E-state index contributed by atoms with van der Waals surface area (Å²) in [5.74, 6) is 0. The van der Waals surface area contributed by atoms with Gasteiger partial charge in [0.25, 0.3) is 0 Å². The second-order valence-corrected chi connectivity index (χ2v) is 2.05. The average Bonchev–Trinajstić information content (AvgIpc) is 2.05. The smallest absolute Gasteiger partial charge is 0.205 e. The van der Waals surface area contributed by atoms with Crippen LogP contribution in [0.15, 0.2) is 36.4 Å². The van der Waals surface area contributed by atoms with Crippen molar-refractivity contribution in [2.24, 2.45) is 0 Å². The molecular formula is C9H9O+. The lowest BCUT2D eigenvalue weighted by molar-refractivity contribution is 0.229. The van der Waals surface area contributed by atoms with Gasteiger partial charge >= 0.3 is 0 Å². The van der Waals surface area contributed by atoms with Gasteiger partial charge in [0.1, 0.15) is 6.10 Å². The van der Waals surface area contributed by atoms with Gasteiger partial charge in [-0.25, -0.2) is 0 Å². The first-order valence-corrected chi connectivity index (χ1v) is 3.12. The summed E-state index contributed by atoms with van der Waals surface area (Å²) < 4.78 is 0. The van der Waals surface area contributed by atoms with Crippen LogP contribution in [0.5, 0.6) is 0 Å². The molecule has 0 aliphatic heterocycles. The van der Waals surface area contributed by atoms with Gasteiger partial charge in [-0.1, -0.05) is 30.3 Å². The molecular weight excluding hydrogens is 124 g/mol. The van der Waals surface area contributed by atoms with E-state index in [2.05, 4.69) is 0 Å². The molecule has 1 rings (SSSR count). The van der Waals surface area contributed by atoms with E-state index in [0.29, 0.717) is 0 Å². The lowest BCUT2D eigenvalue weighted by Crippen LogP contribution is -1.90. The van der Waals surface area contributed by atoms with E-state index in [4.69, 9.17) is 11.7 Å². The van der Waals surface area contributed by atoms with Crippen molar-refractivity contribution >= 4 is 0 Å². The Morgan fingerprint density at radius 2 is 1.90 bits per heavy atom. The molecule has 0 spiro atoms. The minimum atomic E-state index is -0.638. The third-order valence-electron chi connectivity index (χ3n) is 1.32. The van der Waals surface area contributed by atoms with Gasteiger partial charge in [-0.15, -0.1) is 0 Å². The maximum absolute atomic E-state index is 9.15. The van der Waals surface area contributed by atoms with E-state index in [1.807, 2.05) is 30.3 Å². The van der Waals surface area contributed by atoms with E-state index in [1.54, 1.807) is 0 Å². The summed E-state index contributed by atoms with van der Waals surface area (Å²) in [4.78, 5) is 0.